The van der Waals surface area contributed by atoms with Crippen molar-refractivity contribution < 1.29 is 0 Å². The largest absolute Gasteiger partial charge is 0.310 e. The van der Waals surface area contributed by atoms with Crippen LogP contribution in [0.2, 0.25) is 0 Å². The van der Waals surface area contributed by atoms with E-state index in [0.29, 0.717) is 6.04 Å². The second kappa shape index (κ2) is 7.81. The Balaban J connectivity index is 1.87. The molecule has 0 amide bonds. The maximum atomic E-state index is 4.49. The summed E-state index contributed by atoms with van der Waals surface area (Å²) in [6.07, 6.45) is 1.17. The second-order valence-corrected chi connectivity index (χ2v) is 7.00. The molecule has 1 N–H and O–H groups in total. The van der Waals surface area contributed by atoms with E-state index in [1.807, 2.05) is 11.8 Å². The number of rotatable bonds is 7. The van der Waals surface area contributed by atoms with Crippen LogP contribution in [0.15, 0.2) is 34.5 Å². The zero-order valence-electron chi connectivity index (χ0n) is 12.3. The van der Waals surface area contributed by atoms with E-state index in [1.54, 1.807) is 11.3 Å². The quantitative estimate of drug-likeness (QED) is 0.743. The lowest BCUT2D eigenvalue weighted by Gasteiger charge is -2.13. The third-order valence-electron chi connectivity index (χ3n) is 3.13. The molecule has 1 heterocycles. The van der Waals surface area contributed by atoms with Crippen LogP contribution in [0.25, 0.3) is 0 Å². The number of nitrogens with one attached hydrogen (secondary N) is 1. The number of hydrogen-bond acceptors (Lipinski definition) is 4. The lowest BCUT2D eigenvalue weighted by molar-refractivity contribution is 0.570. The van der Waals surface area contributed by atoms with Gasteiger partial charge < -0.3 is 5.32 Å². The minimum Gasteiger partial charge on any atom is -0.310 e. The molecule has 108 valence electrons. The Labute approximate surface area is 130 Å². The summed E-state index contributed by atoms with van der Waals surface area (Å²) in [4.78, 5) is 5.80. The predicted molar refractivity (Wildman–Crippen MR) is 89.6 cm³/mol. The molecule has 0 saturated carbocycles. The van der Waals surface area contributed by atoms with Gasteiger partial charge in [0.1, 0.15) is 0 Å². The summed E-state index contributed by atoms with van der Waals surface area (Å²) < 4.78 is 0. The molecule has 0 radical (unpaired) electrons. The van der Waals surface area contributed by atoms with E-state index in [2.05, 4.69) is 60.7 Å². The zero-order chi connectivity index (χ0) is 14.4. The maximum absolute atomic E-state index is 4.49. The zero-order valence-corrected chi connectivity index (χ0v) is 14.0. The minimum atomic E-state index is 0.426. The van der Waals surface area contributed by atoms with Gasteiger partial charge in [0.15, 0.2) is 0 Å². The molecule has 4 heteroatoms. The molecule has 1 unspecified atom stereocenters. The van der Waals surface area contributed by atoms with Crippen molar-refractivity contribution in [3.05, 3.63) is 45.9 Å². The maximum Gasteiger partial charge on any atom is 0.0897 e. The lowest BCUT2D eigenvalue weighted by Crippen LogP contribution is -2.19. The molecule has 2 aromatic rings. The average molecular weight is 306 g/mol. The van der Waals surface area contributed by atoms with E-state index >= 15 is 0 Å². The van der Waals surface area contributed by atoms with Crippen molar-refractivity contribution in [2.45, 2.75) is 43.9 Å². The molecule has 0 aliphatic heterocycles. The summed E-state index contributed by atoms with van der Waals surface area (Å²) >= 11 is 3.57. The van der Waals surface area contributed by atoms with Crippen LogP contribution in [0.3, 0.4) is 0 Å². The first-order valence-corrected chi connectivity index (χ1v) is 8.92. The highest BCUT2D eigenvalue weighted by Crippen LogP contribution is 2.25. The Bertz CT molecular complexity index is 520. The molecule has 0 bridgehead atoms. The van der Waals surface area contributed by atoms with Crippen molar-refractivity contribution in [2.24, 2.45) is 0 Å². The Morgan fingerprint density at radius 3 is 2.65 bits per heavy atom. The van der Waals surface area contributed by atoms with E-state index in [9.17, 15) is 0 Å². The summed E-state index contributed by atoms with van der Waals surface area (Å²) in [6, 6.07) is 9.30. The molecular formula is C16H22N2S2. The number of nitrogens with zero attached hydrogens (tertiary/aromatic N) is 1. The van der Waals surface area contributed by atoms with E-state index in [1.165, 1.54) is 22.6 Å². The fourth-order valence-corrected chi connectivity index (χ4v) is 3.47. The number of thiazole rings is 1. The predicted octanol–water partition coefficient (Wildman–Crippen LogP) is 4.80. The van der Waals surface area contributed by atoms with E-state index in [0.717, 1.165) is 17.3 Å². The monoisotopic (exact) mass is 306 g/mol. The van der Waals surface area contributed by atoms with Gasteiger partial charge in [-0.25, -0.2) is 4.98 Å². The lowest BCUT2D eigenvalue weighted by atomic mass is 10.1. The summed E-state index contributed by atoms with van der Waals surface area (Å²) in [5, 5.41) is 6.80. The van der Waals surface area contributed by atoms with Gasteiger partial charge in [-0.3, -0.25) is 0 Å². The van der Waals surface area contributed by atoms with Crippen LogP contribution in [0, 0.1) is 6.92 Å². The highest BCUT2D eigenvalue weighted by atomic mass is 32.2. The average Bonchev–Trinajstić information content (AvgIpc) is 2.89. The number of benzene rings is 1. The van der Waals surface area contributed by atoms with Gasteiger partial charge in [-0.05, 0) is 44.5 Å². The van der Waals surface area contributed by atoms with Gasteiger partial charge in [0.2, 0.25) is 0 Å². The van der Waals surface area contributed by atoms with Crippen molar-refractivity contribution >= 4 is 23.1 Å². The van der Waals surface area contributed by atoms with Gasteiger partial charge >= 0.3 is 0 Å². The number of hydrogen-bond donors (Lipinski definition) is 1. The number of aryl methyl sites for hydroxylation is 1. The molecule has 1 atom stereocenters. The summed E-state index contributed by atoms with van der Waals surface area (Å²) in [5.41, 5.74) is 2.53. The molecule has 0 saturated heterocycles. The Hall–Kier alpha value is -0.840. The molecule has 0 fully saturated rings. The van der Waals surface area contributed by atoms with E-state index < -0.39 is 0 Å². The second-order valence-electron chi connectivity index (χ2n) is 4.89. The van der Waals surface area contributed by atoms with Crippen LogP contribution in [0.1, 0.15) is 42.6 Å². The van der Waals surface area contributed by atoms with Crippen molar-refractivity contribution in [1.29, 1.82) is 0 Å². The Morgan fingerprint density at radius 2 is 2.05 bits per heavy atom. The molecule has 0 spiro atoms. The van der Waals surface area contributed by atoms with Gasteiger partial charge in [-0.1, -0.05) is 19.1 Å². The molecule has 1 aromatic carbocycles. The van der Waals surface area contributed by atoms with Gasteiger partial charge in [0.25, 0.3) is 0 Å². The van der Waals surface area contributed by atoms with Gasteiger partial charge in [-0.15, -0.1) is 23.1 Å². The summed E-state index contributed by atoms with van der Waals surface area (Å²) in [6.45, 7) is 7.54. The summed E-state index contributed by atoms with van der Waals surface area (Å²) in [5.74, 6) is 0.952. The first-order chi connectivity index (χ1) is 9.69. The SMILES string of the molecule is CCCNC(C)c1ccc(SCc2csc(C)n2)cc1. The van der Waals surface area contributed by atoms with Crippen molar-refractivity contribution in [1.82, 2.24) is 10.3 Å². The normalized spacial score (nSPS) is 12.6. The fraction of sp³-hybridized carbons (Fsp3) is 0.438. The first-order valence-electron chi connectivity index (χ1n) is 7.06. The Morgan fingerprint density at radius 1 is 1.30 bits per heavy atom. The fourth-order valence-electron chi connectivity index (χ4n) is 1.96. The van der Waals surface area contributed by atoms with Crippen LogP contribution < -0.4 is 5.32 Å². The van der Waals surface area contributed by atoms with Gasteiger partial charge in [0.05, 0.1) is 10.7 Å². The third kappa shape index (κ3) is 4.62. The van der Waals surface area contributed by atoms with Crippen molar-refractivity contribution in [3.8, 4) is 0 Å². The van der Waals surface area contributed by atoms with Gasteiger partial charge in [-0.2, -0.15) is 0 Å². The van der Waals surface area contributed by atoms with Crippen LogP contribution in [-0.2, 0) is 5.75 Å². The van der Waals surface area contributed by atoms with Crippen LogP contribution >= 0.6 is 23.1 Å². The van der Waals surface area contributed by atoms with Crippen molar-refractivity contribution in [3.63, 3.8) is 0 Å². The molecule has 0 aliphatic carbocycles. The molecule has 1 aromatic heterocycles. The van der Waals surface area contributed by atoms with Crippen molar-refractivity contribution in [2.75, 3.05) is 6.54 Å². The third-order valence-corrected chi connectivity index (χ3v) is 5.00. The van der Waals surface area contributed by atoms with Crippen LogP contribution in [0.4, 0.5) is 0 Å². The number of thioether (sulfide) groups is 1. The van der Waals surface area contributed by atoms with Crippen LogP contribution in [0.5, 0.6) is 0 Å². The molecule has 2 rings (SSSR count). The summed E-state index contributed by atoms with van der Waals surface area (Å²) in [7, 11) is 0. The van der Waals surface area contributed by atoms with E-state index in [4.69, 9.17) is 0 Å². The highest BCUT2D eigenvalue weighted by Gasteiger charge is 2.04. The van der Waals surface area contributed by atoms with E-state index in [-0.39, 0.29) is 0 Å². The highest BCUT2D eigenvalue weighted by molar-refractivity contribution is 7.98. The first kappa shape index (κ1) is 15.5. The van der Waals surface area contributed by atoms with Crippen LogP contribution in [-0.4, -0.2) is 11.5 Å². The minimum absolute atomic E-state index is 0.426. The topological polar surface area (TPSA) is 24.9 Å². The molecule has 20 heavy (non-hydrogen) atoms. The molecule has 0 aliphatic rings. The van der Waals surface area contributed by atoms with Gasteiger partial charge in [0, 0.05) is 22.1 Å². The smallest absolute Gasteiger partial charge is 0.0897 e. The molecule has 2 nitrogen and oxygen atoms in total. The Kier molecular flexibility index (Phi) is 6.07. The molecular weight excluding hydrogens is 284 g/mol. The standard InChI is InChI=1S/C16H22N2S2/c1-4-9-17-12(2)14-5-7-16(8-6-14)20-11-15-10-19-13(3)18-15/h5-8,10,12,17H,4,9,11H2,1-3H3. The number of aromatic nitrogens is 1.